The Morgan fingerprint density at radius 3 is 2.53 bits per heavy atom. The van der Waals surface area contributed by atoms with Gasteiger partial charge in [-0.25, -0.2) is 0 Å². The molecular formula is C16H15N. The fraction of sp³-hybridized carbons (Fsp3) is 0.125. The Kier molecular flexibility index (Phi) is 2.45. The van der Waals surface area contributed by atoms with E-state index in [0.29, 0.717) is 0 Å². The minimum absolute atomic E-state index is 1.01. The Bertz CT molecular complexity index is 635. The van der Waals surface area contributed by atoms with E-state index in [0.717, 1.165) is 6.42 Å². The number of nitrogens with zero attached hydrogens (tertiary/aromatic N) is 1. The molecule has 84 valence electrons. The van der Waals surface area contributed by atoms with Crippen molar-refractivity contribution in [1.82, 2.24) is 4.57 Å². The molecule has 0 bridgehead atoms. The summed E-state index contributed by atoms with van der Waals surface area (Å²) in [6, 6.07) is 19.5. The van der Waals surface area contributed by atoms with E-state index in [1.807, 2.05) is 0 Å². The minimum atomic E-state index is 1.01. The maximum atomic E-state index is 2.28. The zero-order chi connectivity index (χ0) is 11.7. The van der Waals surface area contributed by atoms with Gasteiger partial charge in [-0.15, -0.1) is 0 Å². The number of hydrogen-bond acceptors (Lipinski definition) is 0. The average molecular weight is 221 g/mol. The van der Waals surface area contributed by atoms with Crippen molar-refractivity contribution in [3.8, 4) is 0 Å². The second-order valence-electron chi connectivity index (χ2n) is 4.48. The van der Waals surface area contributed by atoms with E-state index in [9.17, 15) is 0 Å². The van der Waals surface area contributed by atoms with E-state index in [2.05, 4.69) is 72.4 Å². The maximum absolute atomic E-state index is 2.28. The molecule has 0 atom stereocenters. The molecule has 3 rings (SSSR count). The molecule has 0 amide bonds. The highest BCUT2D eigenvalue weighted by molar-refractivity contribution is 5.80. The van der Waals surface area contributed by atoms with Gasteiger partial charge in [0.15, 0.2) is 0 Å². The molecule has 0 saturated heterocycles. The van der Waals surface area contributed by atoms with Gasteiger partial charge in [-0.3, -0.25) is 0 Å². The number of fused-ring (bicyclic) bond motifs is 1. The van der Waals surface area contributed by atoms with Crippen molar-refractivity contribution < 1.29 is 0 Å². The summed E-state index contributed by atoms with van der Waals surface area (Å²) in [6.45, 7) is 0. The van der Waals surface area contributed by atoms with Gasteiger partial charge >= 0.3 is 0 Å². The Morgan fingerprint density at radius 1 is 0.882 bits per heavy atom. The second-order valence-corrected chi connectivity index (χ2v) is 4.48. The first-order valence-corrected chi connectivity index (χ1v) is 5.91. The first-order valence-electron chi connectivity index (χ1n) is 5.91. The third-order valence-electron chi connectivity index (χ3n) is 3.20. The van der Waals surface area contributed by atoms with Crippen LogP contribution in [0.4, 0.5) is 0 Å². The van der Waals surface area contributed by atoms with E-state index < -0.39 is 0 Å². The van der Waals surface area contributed by atoms with Crippen LogP contribution in [-0.2, 0) is 13.5 Å². The summed E-state index contributed by atoms with van der Waals surface area (Å²) in [7, 11) is 2.08. The summed E-state index contributed by atoms with van der Waals surface area (Å²) in [5.41, 5.74) is 4.03. The van der Waals surface area contributed by atoms with Gasteiger partial charge in [-0.1, -0.05) is 36.4 Å². The van der Waals surface area contributed by atoms with Crippen LogP contribution in [0.15, 0.2) is 60.8 Å². The summed E-state index contributed by atoms with van der Waals surface area (Å²) < 4.78 is 2.15. The molecule has 1 heteroatoms. The maximum Gasteiger partial charge on any atom is 0.0477 e. The number of aryl methyl sites for hydroxylation is 1. The van der Waals surface area contributed by atoms with Crippen molar-refractivity contribution in [3.05, 3.63) is 71.9 Å². The lowest BCUT2D eigenvalue weighted by atomic mass is 10.0. The number of rotatable bonds is 2. The van der Waals surface area contributed by atoms with Gasteiger partial charge in [-0.2, -0.15) is 0 Å². The van der Waals surface area contributed by atoms with Crippen LogP contribution in [0.1, 0.15) is 11.1 Å². The van der Waals surface area contributed by atoms with E-state index in [1.54, 1.807) is 0 Å². The highest BCUT2D eigenvalue weighted by Crippen LogP contribution is 2.18. The van der Waals surface area contributed by atoms with Crippen LogP contribution in [0.25, 0.3) is 10.9 Å². The van der Waals surface area contributed by atoms with Crippen molar-refractivity contribution in [2.24, 2.45) is 7.05 Å². The Hall–Kier alpha value is -2.02. The second kappa shape index (κ2) is 4.10. The van der Waals surface area contributed by atoms with Crippen molar-refractivity contribution in [2.45, 2.75) is 6.42 Å². The lowest BCUT2D eigenvalue weighted by molar-refractivity contribution is 0.969. The zero-order valence-electron chi connectivity index (χ0n) is 9.93. The molecule has 0 unspecified atom stereocenters. The molecule has 0 N–H and O–H groups in total. The molecule has 0 aliphatic heterocycles. The number of hydrogen-bond donors (Lipinski definition) is 0. The van der Waals surface area contributed by atoms with Crippen molar-refractivity contribution in [2.75, 3.05) is 0 Å². The van der Waals surface area contributed by atoms with Crippen LogP contribution in [0.3, 0.4) is 0 Å². The van der Waals surface area contributed by atoms with Gasteiger partial charge in [-0.05, 0) is 41.1 Å². The van der Waals surface area contributed by atoms with Gasteiger partial charge in [0.1, 0.15) is 0 Å². The molecule has 0 saturated carbocycles. The molecule has 3 aromatic rings. The van der Waals surface area contributed by atoms with E-state index in [-0.39, 0.29) is 0 Å². The normalized spacial score (nSPS) is 10.9. The van der Waals surface area contributed by atoms with Gasteiger partial charge in [0.05, 0.1) is 0 Å². The molecule has 0 spiro atoms. The van der Waals surface area contributed by atoms with E-state index in [1.165, 1.54) is 22.0 Å². The first-order chi connectivity index (χ1) is 8.33. The van der Waals surface area contributed by atoms with Crippen molar-refractivity contribution >= 4 is 10.9 Å². The predicted molar refractivity (Wildman–Crippen MR) is 72.2 cm³/mol. The summed E-state index contributed by atoms with van der Waals surface area (Å²) >= 11 is 0. The first kappa shape index (κ1) is 10.2. The van der Waals surface area contributed by atoms with Crippen LogP contribution >= 0.6 is 0 Å². The van der Waals surface area contributed by atoms with Gasteiger partial charge in [0, 0.05) is 18.8 Å². The fourth-order valence-corrected chi connectivity index (χ4v) is 2.27. The summed E-state index contributed by atoms with van der Waals surface area (Å²) in [6.07, 6.45) is 3.11. The molecule has 17 heavy (non-hydrogen) atoms. The third-order valence-corrected chi connectivity index (χ3v) is 3.20. The lowest BCUT2D eigenvalue weighted by Gasteiger charge is -2.03. The predicted octanol–water partition coefficient (Wildman–Crippen LogP) is 3.77. The summed E-state index contributed by atoms with van der Waals surface area (Å²) in [4.78, 5) is 0. The molecule has 1 heterocycles. The standard InChI is InChI=1S/C16H15N/c1-17-10-9-15-12-14(7-8-16(15)17)11-13-5-3-2-4-6-13/h2-10,12H,11H2,1H3. The van der Waals surface area contributed by atoms with Crippen LogP contribution < -0.4 is 0 Å². The minimum Gasteiger partial charge on any atom is -0.351 e. The molecule has 0 radical (unpaired) electrons. The number of aromatic nitrogens is 1. The van der Waals surface area contributed by atoms with Crippen molar-refractivity contribution in [1.29, 1.82) is 0 Å². The molecule has 2 aromatic carbocycles. The van der Waals surface area contributed by atoms with Gasteiger partial charge in [0.2, 0.25) is 0 Å². The molecule has 1 aromatic heterocycles. The van der Waals surface area contributed by atoms with E-state index in [4.69, 9.17) is 0 Å². The summed E-state index contributed by atoms with van der Waals surface area (Å²) in [5.74, 6) is 0. The van der Waals surface area contributed by atoms with Crippen LogP contribution in [0.2, 0.25) is 0 Å². The summed E-state index contributed by atoms with van der Waals surface area (Å²) in [5, 5.41) is 1.32. The highest BCUT2D eigenvalue weighted by Gasteiger charge is 2.00. The van der Waals surface area contributed by atoms with Crippen LogP contribution in [0, 0.1) is 0 Å². The van der Waals surface area contributed by atoms with Crippen LogP contribution in [-0.4, -0.2) is 4.57 Å². The quantitative estimate of drug-likeness (QED) is 0.620. The van der Waals surface area contributed by atoms with Gasteiger partial charge < -0.3 is 4.57 Å². The van der Waals surface area contributed by atoms with Crippen LogP contribution in [0.5, 0.6) is 0 Å². The topological polar surface area (TPSA) is 4.93 Å². The molecular weight excluding hydrogens is 206 g/mol. The van der Waals surface area contributed by atoms with Gasteiger partial charge in [0.25, 0.3) is 0 Å². The zero-order valence-corrected chi connectivity index (χ0v) is 9.93. The monoisotopic (exact) mass is 221 g/mol. The lowest BCUT2D eigenvalue weighted by Crippen LogP contribution is -1.88. The highest BCUT2D eigenvalue weighted by atomic mass is 14.9. The SMILES string of the molecule is Cn1ccc2cc(Cc3ccccc3)ccc21. The number of benzene rings is 2. The molecule has 0 aliphatic carbocycles. The molecule has 0 aliphatic rings. The largest absolute Gasteiger partial charge is 0.351 e. The molecule has 0 fully saturated rings. The molecule has 1 nitrogen and oxygen atoms in total. The fourth-order valence-electron chi connectivity index (χ4n) is 2.27. The van der Waals surface area contributed by atoms with Crippen molar-refractivity contribution in [3.63, 3.8) is 0 Å². The smallest absolute Gasteiger partial charge is 0.0477 e. The Morgan fingerprint density at radius 2 is 1.71 bits per heavy atom. The third kappa shape index (κ3) is 1.96. The Labute approximate surface area is 101 Å². The Balaban J connectivity index is 1.96. The average Bonchev–Trinajstić information content (AvgIpc) is 2.72. The van der Waals surface area contributed by atoms with E-state index >= 15 is 0 Å².